The lowest BCUT2D eigenvalue weighted by Crippen LogP contribution is -2.10. The molecule has 0 radical (unpaired) electrons. The highest BCUT2D eigenvalue weighted by molar-refractivity contribution is 5.66. The molecule has 0 aromatic carbocycles. The van der Waals surface area contributed by atoms with E-state index in [0.29, 0.717) is 24.0 Å². The maximum Gasteiger partial charge on any atom is 0.242 e. The third-order valence-electron chi connectivity index (χ3n) is 2.57. The van der Waals surface area contributed by atoms with Crippen LogP contribution in [0.25, 0.3) is 0 Å². The summed E-state index contributed by atoms with van der Waals surface area (Å²) in [5.74, 6) is 1.04. The predicted molar refractivity (Wildman–Crippen MR) is 72.9 cm³/mol. The van der Waals surface area contributed by atoms with E-state index in [1.54, 1.807) is 12.5 Å². The molecule has 2 aromatic heterocycles. The number of hydrogen-bond donors (Lipinski definition) is 2. The number of nitrogens with zero attached hydrogens (tertiary/aromatic N) is 4. The number of nitrogens with two attached hydrogens (primary N) is 1. The molecular formula is C12H18N6O. The van der Waals surface area contributed by atoms with Crippen LogP contribution in [0.5, 0.6) is 5.88 Å². The first-order valence-corrected chi connectivity index (χ1v) is 6.24. The summed E-state index contributed by atoms with van der Waals surface area (Å²) in [6.45, 7) is 4.09. The molecule has 0 aliphatic carbocycles. The summed E-state index contributed by atoms with van der Waals surface area (Å²) in [6, 6.07) is 0. The second-order valence-electron chi connectivity index (χ2n) is 3.95. The number of imidazole rings is 1. The zero-order valence-electron chi connectivity index (χ0n) is 10.9. The highest BCUT2D eigenvalue weighted by Crippen LogP contribution is 2.24. The van der Waals surface area contributed by atoms with Crippen molar-refractivity contribution < 1.29 is 4.74 Å². The highest BCUT2D eigenvalue weighted by atomic mass is 16.5. The Balaban J connectivity index is 1.83. The monoisotopic (exact) mass is 262 g/mol. The van der Waals surface area contributed by atoms with Crippen molar-refractivity contribution >= 4 is 11.5 Å². The molecule has 102 valence electrons. The van der Waals surface area contributed by atoms with E-state index in [1.165, 1.54) is 6.33 Å². The Morgan fingerprint density at radius 1 is 1.42 bits per heavy atom. The Bertz CT molecular complexity index is 499. The number of aromatic nitrogens is 4. The summed E-state index contributed by atoms with van der Waals surface area (Å²) in [5.41, 5.74) is 6.37. The zero-order chi connectivity index (χ0) is 13.5. The Labute approximate surface area is 111 Å². The van der Waals surface area contributed by atoms with Gasteiger partial charge in [0, 0.05) is 25.5 Å². The molecule has 0 saturated carbocycles. The SMILES string of the molecule is CCOc1ncnc(NCCCn2ccnc2)c1N. The van der Waals surface area contributed by atoms with E-state index >= 15 is 0 Å². The van der Waals surface area contributed by atoms with Crippen LogP contribution in [0.2, 0.25) is 0 Å². The number of rotatable bonds is 7. The lowest BCUT2D eigenvalue weighted by atomic mass is 10.4. The van der Waals surface area contributed by atoms with Gasteiger partial charge in [-0.15, -0.1) is 0 Å². The van der Waals surface area contributed by atoms with Crippen molar-refractivity contribution in [1.82, 2.24) is 19.5 Å². The molecular weight excluding hydrogens is 244 g/mol. The molecule has 0 saturated heterocycles. The number of hydrogen-bond acceptors (Lipinski definition) is 6. The number of anilines is 2. The molecule has 0 aliphatic rings. The smallest absolute Gasteiger partial charge is 0.242 e. The summed E-state index contributed by atoms with van der Waals surface area (Å²) in [4.78, 5) is 12.1. The lowest BCUT2D eigenvalue weighted by molar-refractivity contribution is 0.328. The van der Waals surface area contributed by atoms with Crippen LogP contribution in [0, 0.1) is 0 Å². The molecule has 7 heteroatoms. The molecule has 2 heterocycles. The van der Waals surface area contributed by atoms with Crippen molar-refractivity contribution in [2.45, 2.75) is 19.9 Å². The molecule has 7 nitrogen and oxygen atoms in total. The number of ether oxygens (including phenoxy) is 1. The second-order valence-corrected chi connectivity index (χ2v) is 3.95. The van der Waals surface area contributed by atoms with Crippen LogP contribution in [0.1, 0.15) is 13.3 Å². The average molecular weight is 262 g/mol. The average Bonchev–Trinajstić information content (AvgIpc) is 2.92. The van der Waals surface area contributed by atoms with Crippen molar-refractivity contribution in [3.63, 3.8) is 0 Å². The van der Waals surface area contributed by atoms with E-state index in [9.17, 15) is 0 Å². The molecule has 2 rings (SSSR count). The van der Waals surface area contributed by atoms with Crippen LogP contribution in [-0.2, 0) is 6.54 Å². The minimum atomic E-state index is 0.426. The Morgan fingerprint density at radius 3 is 3.05 bits per heavy atom. The Morgan fingerprint density at radius 2 is 2.32 bits per heavy atom. The van der Waals surface area contributed by atoms with Gasteiger partial charge in [-0.2, -0.15) is 4.98 Å². The van der Waals surface area contributed by atoms with Crippen LogP contribution in [0.4, 0.5) is 11.5 Å². The Hall–Kier alpha value is -2.31. The van der Waals surface area contributed by atoms with Gasteiger partial charge in [0.1, 0.15) is 12.0 Å². The predicted octanol–water partition coefficient (Wildman–Crippen LogP) is 1.16. The van der Waals surface area contributed by atoms with Gasteiger partial charge in [-0.1, -0.05) is 0 Å². The van der Waals surface area contributed by atoms with Gasteiger partial charge in [-0.25, -0.2) is 9.97 Å². The molecule has 0 aliphatic heterocycles. The maximum atomic E-state index is 5.92. The van der Waals surface area contributed by atoms with Crippen LogP contribution >= 0.6 is 0 Å². The second kappa shape index (κ2) is 6.58. The first kappa shape index (κ1) is 13.1. The fourth-order valence-corrected chi connectivity index (χ4v) is 1.66. The summed E-state index contributed by atoms with van der Waals surface area (Å²) < 4.78 is 7.34. The normalized spacial score (nSPS) is 10.4. The molecule has 3 N–H and O–H groups in total. The molecule has 2 aromatic rings. The molecule has 19 heavy (non-hydrogen) atoms. The van der Waals surface area contributed by atoms with E-state index in [2.05, 4.69) is 20.3 Å². The van der Waals surface area contributed by atoms with Crippen molar-refractivity contribution in [1.29, 1.82) is 0 Å². The van der Waals surface area contributed by atoms with Crippen molar-refractivity contribution in [3.05, 3.63) is 25.0 Å². The van der Waals surface area contributed by atoms with E-state index in [-0.39, 0.29) is 0 Å². The summed E-state index contributed by atoms with van der Waals surface area (Å²) in [6.07, 6.45) is 7.89. The lowest BCUT2D eigenvalue weighted by Gasteiger charge is -2.11. The minimum Gasteiger partial charge on any atom is -0.476 e. The van der Waals surface area contributed by atoms with Gasteiger partial charge in [0.15, 0.2) is 5.82 Å². The van der Waals surface area contributed by atoms with Gasteiger partial charge >= 0.3 is 0 Å². The summed E-state index contributed by atoms with van der Waals surface area (Å²) in [5, 5.41) is 3.18. The quantitative estimate of drug-likeness (QED) is 0.727. The van der Waals surface area contributed by atoms with Gasteiger partial charge in [-0.05, 0) is 13.3 Å². The molecule has 0 unspecified atom stereocenters. The molecule has 0 atom stereocenters. The first-order valence-electron chi connectivity index (χ1n) is 6.24. The Kier molecular flexibility index (Phi) is 4.54. The van der Waals surface area contributed by atoms with Gasteiger partial charge in [0.2, 0.25) is 5.88 Å². The summed E-state index contributed by atoms with van der Waals surface area (Å²) in [7, 11) is 0. The van der Waals surface area contributed by atoms with Gasteiger partial charge in [0.25, 0.3) is 0 Å². The van der Waals surface area contributed by atoms with Crippen molar-refractivity contribution in [2.75, 3.05) is 24.2 Å². The van der Waals surface area contributed by atoms with Crippen LogP contribution < -0.4 is 15.8 Å². The van der Waals surface area contributed by atoms with Gasteiger partial charge in [-0.3, -0.25) is 0 Å². The zero-order valence-corrected chi connectivity index (χ0v) is 10.9. The third kappa shape index (κ3) is 3.57. The number of nitrogen functional groups attached to an aromatic ring is 1. The molecule has 0 amide bonds. The minimum absolute atomic E-state index is 0.426. The number of nitrogens with one attached hydrogen (secondary N) is 1. The van der Waals surface area contributed by atoms with Gasteiger partial charge in [0.05, 0.1) is 12.9 Å². The maximum absolute atomic E-state index is 5.92. The highest BCUT2D eigenvalue weighted by Gasteiger charge is 2.07. The summed E-state index contributed by atoms with van der Waals surface area (Å²) >= 11 is 0. The number of aryl methyl sites for hydroxylation is 1. The van der Waals surface area contributed by atoms with Gasteiger partial charge < -0.3 is 20.4 Å². The van der Waals surface area contributed by atoms with E-state index in [1.807, 2.05) is 17.7 Å². The van der Waals surface area contributed by atoms with Crippen molar-refractivity contribution in [2.24, 2.45) is 0 Å². The topological polar surface area (TPSA) is 90.9 Å². The van der Waals surface area contributed by atoms with Crippen LogP contribution in [0.15, 0.2) is 25.0 Å². The van der Waals surface area contributed by atoms with Crippen LogP contribution in [0.3, 0.4) is 0 Å². The fraction of sp³-hybridized carbons (Fsp3) is 0.417. The molecule has 0 bridgehead atoms. The standard InChI is InChI=1S/C12H18N6O/c1-2-19-12-10(13)11(16-8-17-12)15-4-3-6-18-7-5-14-9-18/h5,7-9H,2-4,6,13H2,1H3,(H,15,16,17). The largest absolute Gasteiger partial charge is 0.476 e. The van der Waals surface area contributed by atoms with E-state index in [4.69, 9.17) is 10.5 Å². The van der Waals surface area contributed by atoms with E-state index < -0.39 is 0 Å². The van der Waals surface area contributed by atoms with Crippen LogP contribution in [-0.4, -0.2) is 32.7 Å². The molecule has 0 fully saturated rings. The molecule has 0 spiro atoms. The van der Waals surface area contributed by atoms with E-state index in [0.717, 1.165) is 19.5 Å². The fourth-order valence-electron chi connectivity index (χ4n) is 1.66. The first-order chi connectivity index (χ1) is 9.31. The third-order valence-corrected chi connectivity index (χ3v) is 2.57. The van der Waals surface area contributed by atoms with Crippen molar-refractivity contribution in [3.8, 4) is 5.88 Å².